The number of amides is 1. The first-order valence-electron chi connectivity index (χ1n) is 15.1. The van der Waals surface area contributed by atoms with Gasteiger partial charge in [-0.05, 0) is 55.3 Å². The Hall–Kier alpha value is -5.40. The maximum Gasteiger partial charge on any atom is 0.246 e. The number of piperazine rings is 1. The number of carbonyl (C=O) groups excluding carboxylic acids is 1. The average Bonchev–Trinajstić information content (AvgIpc) is 3.45. The van der Waals surface area contributed by atoms with Crippen molar-refractivity contribution >= 4 is 39.5 Å². The van der Waals surface area contributed by atoms with Gasteiger partial charge in [0.05, 0.1) is 16.9 Å². The predicted octanol–water partition coefficient (Wildman–Crippen LogP) is 5.16. The van der Waals surface area contributed by atoms with Gasteiger partial charge in [0.2, 0.25) is 5.91 Å². The zero-order chi connectivity index (χ0) is 31.2. The summed E-state index contributed by atoms with van der Waals surface area (Å²) in [6.45, 7) is 9.59. The van der Waals surface area contributed by atoms with Crippen molar-refractivity contribution in [2.45, 2.75) is 19.9 Å². The van der Waals surface area contributed by atoms with Crippen LogP contribution in [-0.4, -0.2) is 70.4 Å². The minimum Gasteiger partial charge on any atom is -0.452 e. The van der Waals surface area contributed by atoms with Crippen molar-refractivity contribution in [1.29, 1.82) is 5.26 Å². The van der Waals surface area contributed by atoms with Gasteiger partial charge < -0.3 is 30.2 Å². The van der Waals surface area contributed by atoms with Gasteiger partial charge in [0, 0.05) is 50.2 Å². The fraction of sp³-hybridized carbons (Fsp3) is 0.257. The molecule has 226 valence electrons. The van der Waals surface area contributed by atoms with Crippen LogP contribution in [0.5, 0.6) is 11.5 Å². The van der Waals surface area contributed by atoms with E-state index in [0.717, 1.165) is 47.2 Å². The van der Waals surface area contributed by atoms with E-state index in [4.69, 9.17) is 15.5 Å². The van der Waals surface area contributed by atoms with Crippen LogP contribution in [-0.2, 0) is 17.8 Å². The van der Waals surface area contributed by atoms with E-state index in [-0.39, 0.29) is 5.91 Å². The predicted molar refractivity (Wildman–Crippen MR) is 176 cm³/mol. The Morgan fingerprint density at radius 3 is 2.64 bits per heavy atom. The van der Waals surface area contributed by atoms with E-state index in [2.05, 4.69) is 51.6 Å². The lowest BCUT2D eigenvalue weighted by molar-refractivity contribution is -0.126. The van der Waals surface area contributed by atoms with E-state index in [0.29, 0.717) is 65.9 Å². The molecule has 2 aliphatic heterocycles. The number of nitrogens with two attached hydrogens (primary N) is 1. The first-order chi connectivity index (χ1) is 21.9. The molecule has 0 spiro atoms. The van der Waals surface area contributed by atoms with Crippen LogP contribution in [0.3, 0.4) is 0 Å². The number of hydrogen-bond donors (Lipinski definition) is 2. The number of para-hydroxylation sites is 1. The highest BCUT2D eigenvalue weighted by atomic mass is 16.5. The Morgan fingerprint density at radius 1 is 1.07 bits per heavy atom. The molecule has 5 aromatic rings. The molecule has 7 rings (SSSR count). The maximum absolute atomic E-state index is 12.4. The number of anilines is 2. The smallest absolute Gasteiger partial charge is 0.246 e. The number of nitrogens with one attached hydrogen (secondary N) is 1. The number of likely N-dealkylation sites (N-methyl/N-ethyl adjacent to an activating group) is 1. The molecule has 1 fully saturated rings. The van der Waals surface area contributed by atoms with Crippen LogP contribution in [0, 0.1) is 18.3 Å². The number of aromatic nitrogens is 3. The van der Waals surface area contributed by atoms with Crippen molar-refractivity contribution in [2.75, 3.05) is 50.4 Å². The molecule has 2 aliphatic rings. The Balaban J connectivity index is 1.45. The third kappa shape index (κ3) is 4.91. The molecule has 0 radical (unpaired) electrons. The van der Waals surface area contributed by atoms with Gasteiger partial charge >= 0.3 is 0 Å². The fourth-order valence-corrected chi connectivity index (χ4v) is 6.62. The maximum atomic E-state index is 12.4. The number of benzene rings is 3. The van der Waals surface area contributed by atoms with Crippen LogP contribution in [0.1, 0.15) is 22.3 Å². The van der Waals surface area contributed by atoms with Crippen LogP contribution in [0.2, 0.25) is 0 Å². The zero-order valence-electron chi connectivity index (χ0n) is 25.4. The lowest BCUT2D eigenvalue weighted by atomic mass is 9.90. The van der Waals surface area contributed by atoms with Crippen molar-refractivity contribution < 1.29 is 9.53 Å². The molecule has 2 aromatic heterocycles. The monoisotopic (exact) mass is 598 g/mol. The number of nitriles is 1. The highest BCUT2D eigenvalue weighted by Gasteiger charge is 2.29. The molecule has 45 heavy (non-hydrogen) atoms. The molecule has 0 unspecified atom stereocenters. The van der Waals surface area contributed by atoms with Crippen LogP contribution >= 0.6 is 0 Å². The second kappa shape index (κ2) is 11.3. The number of H-pyrrole nitrogens is 1. The van der Waals surface area contributed by atoms with Crippen LogP contribution < -0.4 is 15.4 Å². The van der Waals surface area contributed by atoms with Gasteiger partial charge in [0.15, 0.2) is 17.4 Å². The van der Waals surface area contributed by atoms with Gasteiger partial charge in [-0.1, -0.05) is 43.0 Å². The van der Waals surface area contributed by atoms with Crippen molar-refractivity contribution in [3.8, 4) is 28.8 Å². The number of carbonyl (C=O) groups is 1. The lowest BCUT2D eigenvalue weighted by Gasteiger charge is -2.37. The number of pyridine rings is 1. The second-order valence-corrected chi connectivity index (χ2v) is 11.7. The topological polar surface area (TPSA) is 127 Å². The first kappa shape index (κ1) is 28.4. The summed E-state index contributed by atoms with van der Waals surface area (Å²) in [6, 6.07) is 18.5. The highest BCUT2D eigenvalue weighted by Crippen LogP contribution is 2.43. The number of hydrogen-bond acceptors (Lipinski definition) is 8. The summed E-state index contributed by atoms with van der Waals surface area (Å²) in [7, 11) is 2.12. The van der Waals surface area contributed by atoms with E-state index in [1.807, 2.05) is 43.3 Å². The molecule has 0 aliphatic carbocycles. The zero-order valence-corrected chi connectivity index (χ0v) is 25.4. The van der Waals surface area contributed by atoms with E-state index in [9.17, 15) is 10.1 Å². The molecule has 10 nitrogen and oxygen atoms in total. The number of aromatic amines is 1. The standard InChI is InChI=1S/C35H34N8O2/c1-4-29(44)42-15-17-43(18-16-42)33-25-9-6-10-28(45-34-21(2)11-12-27-32(34)40-35(37)38-27)31(25)39-30(26(33)19-36)24-8-5-7-22-20-41(3)14-13-23(22)24/h4-12H,1,13-18,20H2,2-3H3,(H3,37,38,40). The van der Waals surface area contributed by atoms with Crippen molar-refractivity contribution in [2.24, 2.45) is 0 Å². The van der Waals surface area contributed by atoms with E-state index in [1.165, 1.54) is 17.2 Å². The summed E-state index contributed by atoms with van der Waals surface area (Å²) in [6.07, 6.45) is 2.22. The summed E-state index contributed by atoms with van der Waals surface area (Å²) in [4.78, 5) is 31.5. The summed E-state index contributed by atoms with van der Waals surface area (Å²) in [5.74, 6) is 1.38. The van der Waals surface area contributed by atoms with Gasteiger partial charge in [0.25, 0.3) is 0 Å². The number of nitrogens with zero attached hydrogens (tertiary/aromatic N) is 6. The number of imidazole rings is 1. The van der Waals surface area contributed by atoms with Crippen LogP contribution in [0.25, 0.3) is 33.2 Å². The quantitative estimate of drug-likeness (QED) is 0.266. The van der Waals surface area contributed by atoms with E-state index >= 15 is 0 Å². The Kier molecular flexibility index (Phi) is 7.10. The number of fused-ring (bicyclic) bond motifs is 3. The van der Waals surface area contributed by atoms with Gasteiger partial charge in [-0.3, -0.25) is 4.79 Å². The molecule has 10 heteroatoms. The van der Waals surface area contributed by atoms with Crippen molar-refractivity contribution in [3.05, 3.63) is 83.4 Å². The summed E-state index contributed by atoms with van der Waals surface area (Å²) >= 11 is 0. The lowest BCUT2D eigenvalue weighted by Crippen LogP contribution is -2.48. The molecule has 1 saturated heterocycles. The third-order valence-corrected chi connectivity index (χ3v) is 8.89. The molecule has 1 amide bonds. The Bertz CT molecular complexity index is 2030. The molecule has 0 atom stereocenters. The van der Waals surface area contributed by atoms with Gasteiger partial charge in [-0.15, -0.1) is 0 Å². The normalized spacial score (nSPS) is 15.2. The number of aryl methyl sites for hydroxylation is 1. The highest BCUT2D eigenvalue weighted by molar-refractivity contribution is 6.02. The minimum atomic E-state index is -0.0875. The fourth-order valence-electron chi connectivity index (χ4n) is 6.62. The minimum absolute atomic E-state index is 0.0875. The molecule has 3 N–H and O–H groups in total. The molecule has 3 aromatic carbocycles. The van der Waals surface area contributed by atoms with Gasteiger partial charge in [0.1, 0.15) is 22.7 Å². The summed E-state index contributed by atoms with van der Waals surface area (Å²) < 4.78 is 6.67. The third-order valence-electron chi connectivity index (χ3n) is 8.89. The SMILES string of the molecule is C=CC(=O)N1CCN(c2c(C#N)c(-c3cccc4c3CCN(C)C4)nc3c(Oc4c(C)ccc5[nH]c(N)nc45)cccc23)CC1. The molecular weight excluding hydrogens is 564 g/mol. The Labute approximate surface area is 261 Å². The second-order valence-electron chi connectivity index (χ2n) is 11.7. The largest absolute Gasteiger partial charge is 0.452 e. The van der Waals surface area contributed by atoms with Crippen molar-refractivity contribution in [1.82, 2.24) is 24.8 Å². The molecule has 0 bridgehead atoms. The van der Waals surface area contributed by atoms with Gasteiger partial charge in [-0.25, -0.2) is 9.97 Å². The molecular formula is C35H34N8O2. The molecule has 0 saturated carbocycles. The average molecular weight is 599 g/mol. The van der Waals surface area contributed by atoms with Crippen molar-refractivity contribution in [3.63, 3.8) is 0 Å². The summed E-state index contributed by atoms with van der Waals surface area (Å²) in [5, 5.41) is 11.6. The number of nitrogen functional groups attached to an aromatic ring is 1. The molecule has 4 heterocycles. The number of ether oxygens (including phenoxy) is 1. The number of rotatable bonds is 5. The van der Waals surface area contributed by atoms with Crippen LogP contribution in [0.15, 0.2) is 61.2 Å². The van der Waals surface area contributed by atoms with E-state index < -0.39 is 0 Å². The Morgan fingerprint density at radius 2 is 1.87 bits per heavy atom. The van der Waals surface area contributed by atoms with Gasteiger partial charge in [-0.2, -0.15) is 5.26 Å². The first-order valence-corrected chi connectivity index (χ1v) is 15.1. The summed E-state index contributed by atoms with van der Waals surface area (Å²) in [5.41, 5.74) is 14.4. The van der Waals surface area contributed by atoms with Crippen LogP contribution in [0.4, 0.5) is 11.6 Å². The van der Waals surface area contributed by atoms with E-state index in [1.54, 1.807) is 4.90 Å².